The molecule has 0 aliphatic heterocycles. The first-order chi connectivity index (χ1) is 5.87. The first kappa shape index (κ1) is 12.8. The lowest BCUT2D eigenvalue weighted by molar-refractivity contribution is -0.122. The molecule has 13 heavy (non-hydrogen) atoms. The lowest BCUT2D eigenvalue weighted by Crippen LogP contribution is -1.86. The van der Waals surface area contributed by atoms with Gasteiger partial charge in [-0.25, -0.2) is 0 Å². The summed E-state index contributed by atoms with van der Waals surface area (Å²) in [5.41, 5.74) is 0.412. The number of rotatable bonds is 1. The van der Waals surface area contributed by atoms with Crippen molar-refractivity contribution in [2.45, 2.75) is 20.8 Å². The molecule has 76 valence electrons. The minimum Gasteiger partial charge on any atom is -0.483 e. The van der Waals surface area contributed by atoms with E-state index in [-0.39, 0.29) is 6.47 Å². The van der Waals surface area contributed by atoms with E-state index in [9.17, 15) is 0 Å². The van der Waals surface area contributed by atoms with Gasteiger partial charge in [-0.3, -0.25) is 4.79 Å². The lowest BCUT2D eigenvalue weighted by Gasteiger charge is -1.95. The quantitative estimate of drug-likeness (QED) is 0.695. The third kappa shape index (κ3) is 3.57. The summed E-state index contributed by atoms with van der Waals surface area (Å²) < 4.78 is 0.405. The van der Waals surface area contributed by atoms with E-state index in [4.69, 9.17) is 33.1 Å². The predicted molar refractivity (Wildman–Crippen MR) is 54.9 cm³/mol. The van der Waals surface area contributed by atoms with Gasteiger partial charge in [-0.2, -0.15) is 0 Å². The number of hydrogen-bond acceptors (Lipinski definition) is 1. The summed E-state index contributed by atoms with van der Waals surface area (Å²) in [6, 6.07) is 0. The van der Waals surface area contributed by atoms with E-state index in [1.807, 2.05) is 6.08 Å². The molecule has 1 aliphatic rings. The Morgan fingerprint density at radius 1 is 1.46 bits per heavy atom. The SMILES string of the molecule is C[C@@H]1[C@@H](C=C(Cl)Cl)C1(C)C.O=CO. The van der Waals surface area contributed by atoms with Gasteiger partial charge in [0.25, 0.3) is 6.47 Å². The topological polar surface area (TPSA) is 37.3 Å². The van der Waals surface area contributed by atoms with Crippen LogP contribution in [0, 0.1) is 17.3 Å². The zero-order valence-electron chi connectivity index (χ0n) is 7.92. The van der Waals surface area contributed by atoms with Gasteiger partial charge in [0.2, 0.25) is 0 Å². The third-order valence-corrected chi connectivity index (χ3v) is 3.02. The Balaban J connectivity index is 0.000000424. The normalized spacial score (nSPS) is 28.1. The smallest absolute Gasteiger partial charge is 0.290 e. The maximum atomic E-state index is 8.36. The molecule has 0 aromatic carbocycles. The van der Waals surface area contributed by atoms with Gasteiger partial charge in [-0.05, 0) is 17.3 Å². The summed E-state index contributed by atoms with van der Waals surface area (Å²) in [5, 5.41) is 6.89. The molecule has 0 heterocycles. The van der Waals surface area contributed by atoms with Gasteiger partial charge >= 0.3 is 0 Å². The monoisotopic (exact) mass is 224 g/mol. The van der Waals surface area contributed by atoms with Crippen molar-refractivity contribution in [2.75, 3.05) is 0 Å². The van der Waals surface area contributed by atoms with Crippen molar-refractivity contribution in [1.82, 2.24) is 0 Å². The third-order valence-electron chi connectivity index (χ3n) is 2.77. The predicted octanol–water partition coefficient (Wildman–Crippen LogP) is 3.30. The van der Waals surface area contributed by atoms with Crippen LogP contribution in [0.1, 0.15) is 20.8 Å². The second-order valence-electron chi connectivity index (χ2n) is 3.70. The Kier molecular flexibility index (Phi) is 4.79. The van der Waals surface area contributed by atoms with E-state index < -0.39 is 0 Å². The van der Waals surface area contributed by atoms with Crippen LogP contribution in [0.2, 0.25) is 0 Å². The molecule has 2 nitrogen and oxygen atoms in total. The van der Waals surface area contributed by atoms with E-state index in [0.29, 0.717) is 15.8 Å². The number of allylic oxidation sites excluding steroid dienone is 1. The molecule has 2 atom stereocenters. The van der Waals surface area contributed by atoms with Crippen LogP contribution in [-0.2, 0) is 4.79 Å². The fourth-order valence-corrected chi connectivity index (χ4v) is 1.71. The molecule has 4 heteroatoms. The van der Waals surface area contributed by atoms with Crippen LogP contribution in [0.25, 0.3) is 0 Å². The second-order valence-corrected chi connectivity index (χ2v) is 4.71. The van der Waals surface area contributed by atoms with Crippen molar-refractivity contribution in [3.05, 3.63) is 10.6 Å². The largest absolute Gasteiger partial charge is 0.483 e. The van der Waals surface area contributed by atoms with Crippen LogP contribution in [0.5, 0.6) is 0 Å². The summed E-state index contributed by atoms with van der Waals surface area (Å²) in [4.78, 5) is 8.36. The maximum absolute atomic E-state index is 8.36. The van der Waals surface area contributed by atoms with Gasteiger partial charge in [0, 0.05) is 0 Å². The molecule has 0 aromatic heterocycles. The van der Waals surface area contributed by atoms with Crippen LogP contribution >= 0.6 is 23.2 Å². The van der Waals surface area contributed by atoms with E-state index in [0.717, 1.165) is 5.92 Å². The summed E-state index contributed by atoms with van der Waals surface area (Å²) in [6.07, 6.45) is 1.94. The highest BCUT2D eigenvalue weighted by molar-refractivity contribution is 6.55. The number of carboxylic acid groups (broad SMARTS) is 1. The fourth-order valence-electron chi connectivity index (χ4n) is 1.44. The molecule has 1 N–H and O–H groups in total. The number of carbonyl (C=O) groups is 1. The summed E-state index contributed by atoms with van der Waals surface area (Å²) in [5.74, 6) is 1.30. The van der Waals surface area contributed by atoms with Crippen molar-refractivity contribution in [1.29, 1.82) is 0 Å². The zero-order chi connectivity index (χ0) is 10.6. The van der Waals surface area contributed by atoms with Gasteiger partial charge in [0.15, 0.2) is 0 Å². The molecule has 0 saturated heterocycles. The molecule has 1 rings (SSSR count). The van der Waals surface area contributed by atoms with Crippen LogP contribution in [0.3, 0.4) is 0 Å². The minimum absolute atomic E-state index is 0.250. The number of hydrogen-bond donors (Lipinski definition) is 1. The Morgan fingerprint density at radius 3 is 1.85 bits per heavy atom. The van der Waals surface area contributed by atoms with Crippen molar-refractivity contribution in [2.24, 2.45) is 17.3 Å². The standard InChI is InChI=1S/C8H12Cl2.CH2O2/c1-5-6(4-7(9)10)8(5,2)3;2-1-3/h4-6H,1-3H3;1H,(H,2,3)/t5-,6-;/m1./s1. The molecule has 1 saturated carbocycles. The van der Waals surface area contributed by atoms with Crippen LogP contribution in [-0.4, -0.2) is 11.6 Å². The van der Waals surface area contributed by atoms with Crippen molar-refractivity contribution < 1.29 is 9.90 Å². The van der Waals surface area contributed by atoms with Crippen molar-refractivity contribution in [3.63, 3.8) is 0 Å². The average molecular weight is 225 g/mol. The van der Waals surface area contributed by atoms with E-state index in [2.05, 4.69) is 20.8 Å². The maximum Gasteiger partial charge on any atom is 0.290 e. The summed E-state index contributed by atoms with van der Waals surface area (Å²) in [6.45, 7) is 6.43. The van der Waals surface area contributed by atoms with Crippen molar-refractivity contribution in [3.8, 4) is 0 Å². The van der Waals surface area contributed by atoms with E-state index in [1.165, 1.54) is 0 Å². The lowest BCUT2D eigenvalue weighted by atomic mass is 10.1. The summed E-state index contributed by atoms with van der Waals surface area (Å²) in [7, 11) is 0. The molecule has 0 radical (unpaired) electrons. The van der Waals surface area contributed by atoms with Gasteiger partial charge < -0.3 is 5.11 Å². The first-order valence-corrected chi connectivity index (χ1v) is 4.74. The highest BCUT2D eigenvalue weighted by Gasteiger charge is 2.52. The second kappa shape index (κ2) is 4.87. The van der Waals surface area contributed by atoms with Crippen LogP contribution in [0.15, 0.2) is 10.6 Å². The zero-order valence-corrected chi connectivity index (χ0v) is 9.43. The van der Waals surface area contributed by atoms with Crippen LogP contribution < -0.4 is 0 Å². The molecule has 1 fully saturated rings. The summed E-state index contributed by atoms with van der Waals surface area (Å²) >= 11 is 11.1. The van der Waals surface area contributed by atoms with Gasteiger partial charge in [-0.1, -0.05) is 50.0 Å². The molecular weight excluding hydrogens is 211 g/mol. The fraction of sp³-hybridized carbons (Fsp3) is 0.667. The Hall–Kier alpha value is -0.210. The minimum atomic E-state index is -0.250. The Morgan fingerprint density at radius 2 is 1.77 bits per heavy atom. The highest BCUT2D eigenvalue weighted by Crippen LogP contribution is 2.59. The van der Waals surface area contributed by atoms with Gasteiger partial charge in [-0.15, -0.1) is 0 Å². The van der Waals surface area contributed by atoms with Crippen molar-refractivity contribution >= 4 is 29.7 Å². The van der Waals surface area contributed by atoms with Crippen LogP contribution in [0.4, 0.5) is 0 Å². The molecule has 0 spiro atoms. The Bertz CT molecular complexity index is 208. The highest BCUT2D eigenvalue weighted by atomic mass is 35.5. The molecule has 0 aromatic rings. The van der Waals surface area contributed by atoms with Gasteiger partial charge in [0.05, 0.1) is 0 Å². The van der Waals surface area contributed by atoms with Gasteiger partial charge in [0.1, 0.15) is 4.49 Å². The van der Waals surface area contributed by atoms with E-state index >= 15 is 0 Å². The molecule has 0 bridgehead atoms. The first-order valence-electron chi connectivity index (χ1n) is 3.98. The van der Waals surface area contributed by atoms with E-state index in [1.54, 1.807) is 0 Å². The average Bonchev–Trinajstić information content (AvgIpc) is 2.40. The molecule has 0 unspecified atom stereocenters. The Labute approximate surface area is 88.5 Å². The molecule has 0 amide bonds. The number of halogens is 2. The molecule has 1 aliphatic carbocycles. The molecular formula is C9H14Cl2O2.